The fourth-order valence-corrected chi connectivity index (χ4v) is 2.32. The van der Waals surface area contributed by atoms with Gasteiger partial charge in [0.05, 0.1) is 6.10 Å². The highest BCUT2D eigenvalue weighted by Crippen LogP contribution is 2.26. The van der Waals surface area contributed by atoms with Crippen molar-refractivity contribution in [3.05, 3.63) is 57.2 Å². The molecule has 18 heavy (non-hydrogen) atoms. The molecule has 0 fully saturated rings. The number of aliphatic hydroxyl groups excluding tert-OH is 1. The fourth-order valence-electron chi connectivity index (χ4n) is 1.99. The molecule has 0 bridgehead atoms. The fraction of sp³-hybridized carbons (Fsp3) is 0.286. The number of aliphatic hydroxyl groups is 1. The van der Waals surface area contributed by atoms with Crippen LogP contribution in [0.1, 0.15) is 28.8 Å². The third-order valence-electron chi connectivity index (χ3n) is 2.87. The van der Waals surface area contributed by atoms with Gasteiger partial charge in [-0.15, -0.1) is 0 Å². The number of aryl methyl sites for hydroxylation is 2. The van der Waals surface area contributed by atoms with Gasteiger partial charge in [0.15, 0.2) is 0 Å². The van der Waals surface area contributed by atoms with Crippen LogP contribution in [-0.2, 0) is 6.42 Å². The molecule has 0 saturated heterocycles. The molecule has 1 unspecified atom stereocenters. The summed E-state index contributed by atoms with van der Waals surface area (Å²) in [4.78, 5) is 0. The van der Waals surface area contributed by atoms with E-state index in [1.165, 1.54) is 6.07 Å². The smallest absolute Gasteiger partial charge is 0.127 e. The summed E-state index contributed by atoms with van der Waals surface area (Å²) in [6.45, 7) is 3.62. The number of halogens is 2. The third-order valence-corrected chi connectivity index (χ3v) is 3.36. The van der Waals surface area contributed by atoms with E-state index in [-0.39, 0.29) is 12.2 Å². The van der Waals surface area contributed by atoms with Gasteiger partial charge in [-0.2, -0.15) is 0 Å². The van der Waals surface area contributed by atoms with Gasteiger partial charge in [-0.3, -0.25) is 0 Å². The lowest BCUT2D eigenvalue weighted by molar-refractivity contribution is 0.175. The molecule has 1 atom stereocenters. The van der Waals surface area contributed by atoms with Gasteiger partial charge in [0.2, 0.25) is 0 Å². The van der Waals surface area contributed by atoms with Crippen molar-refractivity contribution in [3.8, 4) is 0 Å². The first-order chi connectivity index (χ1) is 8.47. The molecule has 0 spiro atoms. The van der Waals surface area contributed by atoms with E-state index in [2.05, 4.69) is 15.9 Å². The number of hydrogen-bond acceptors (Lipinski definition) is 2. The maximum absolute atomic E-state index is 13.7. The first kappa shape index (κ1) is 13.3. The average molecular weight is 313 g/mol. The van der Waals surface area contributed by atoms with E-state index in [4.69, 9.17) is 4.42 Å². The highest BCUT2D eigenvalue weighted by Gasteiger charge is 2.16. The zero-order valence-corrected chi connectivity index (χ0v) is 11.8. The Morgan fingerprint density at radius 3 is 2.61 bits per heavy atom. The van der Waals surface area contributed by atoms with Crippen molar-refractivity contribution < 1.29 is 13.9 Å². The Morgan fingerprint density at radius 1 is 1.33 bits per heavy atom. The van der Waals surface area contributed by atoms with Crippen LogP contribution in [0.15, 0.2) is 33.2 Å². The van der Waals surface area contributed by atoms with Gasteiger partial charge >= 0.3 is 0 Å². The van der Waals surface area contributed by atoms with Gasteiger partial charge in [0.1, 0.15) is 17.3 Å². The highest BCUT2D eigenvalue weighted by molar-refractivity contribution is 9.10. The predicted molar refractivity (Wildman–Crippen MR) is 70.9 cm³/mol. The van der Waals surface area contributed by atoms with Gasteiger partial charge in [-0.25, -0.2) is 4.39 Å². The van der Waals surface area contributed by atoms with E-state index in [0.29, 0.717) is 15.8 Å². The topological polar surface area (TPSA) is 33.4 Å². The number of benzene rings is 1. The standard InChI is InChI=1S/C14H14BrFO2/c1-8-5-12(9(2)18-8)14(17)6-10-3-4-11(15)7-13(10)16/h3-5,7,14,17H,6H2,1-2H3. The van der Waals surface area contributed by atoms with Crippen LogP contribution in [0.3, 0.4) is 0 Å². The zero-order chi connectivity index (χ0) is 13.3. The average Bonchev–Trinajstić information content (AvgIpc) is 2.62. The molecule has 2 rings (SSSR count). The predicted octanol–water partition coefficient (Wildman–Crippen LogP) is 4.07. The highest BCUT2D eigenvalue weighted by atomic mass is 79.9. The Bertz CT molecular complexity index is 563. The Labute approximate surface area is 114 Å². The summed E-state index contributed by atoms with van der Waals surface area (Å²) in [5.74, 6) is 1.11. The second-order valence-electron chi connectivity index (χ2n) is 4.32. The molecule has 4 heteroatoms. The van der Waals surface area contributed by atoms with Crippen molar-refractivity contribution in [2.75, 3.05) is 0 Å². The Morgan fingerprint density at radius 2 is 2.06 bits per heavy atom. The number of furan rings is 1. The molecule has 1 heterocycles. The molecule has 1 N–H and O–H groups in total. The van der Waals surface area contributed by atoms with E-state index in [1.54, 1.807) is 25.1 Å². The van der Waals surface area contributed by atoms with Gasteiger partial charge in [-0.05, 0) is 37.6 Å². The van der Waals surface area contributed by atoms with Gasteiger partial charge in [0.25, 0.3) is 0 Å². The largest absolute Gasteiger partial charge is 0.466 e. The Balaban J connectivity index is 2.21. The first-order valence-corrected chi connectivity index (χ1v) is 6.45. The monoisotopic (exact) mass is 312 g/mol. The van der Waals surface area contributed by atoms with Crippen molar-refractivity contribution >= 4 is 15.9 Å². The molecule has 0 saturated carbocycles. The van der Waals surface area contributed by atoms with E-state index in [0.717, 1.165) is 11.3 Å². The lowest BCUT2D eigenvalue weighted by Crippen LogP contribution is -2.03. The van der Waals surface area contributed by atoms with Crippen LogP contribution in [0, 0.1) is 19.7 Å². The van der Waals surface area contributed by atoms with Crippen molar-refractivity contribution in [2.45, 2.75) is 26.4 Å². The minimum Gasteiger partial charge on any atom is -0.466 e. The van der Waals surface area contributed by atoms with E-state index in [9.17, 15) is 9.50 Å². The third kappa shape index (κ3) is 2.82. The Hall–Kier alpha value is -1.13. The van der Waals surface area contributed by atoms with Crippen molar-refractivity contribution in [1.82, 2.24) is 0 Å². The molecule has 1 aromatic heterocycles. The quantitative estimate of drug-likeness (QED) is 0.926. The van der Waals surface area contributed by atoms with E-state index < -0.39 is 6.10 Å². The molecule has 0 aliphatic heterocycles. The maximum atomic E-state index is 13.7. The molecular weight excluding hydrogens is 299 g/mol. The SMILES string of the molecule is Cc1cc(C(O)Cc2ccc(Br)cc2F)c(C)o1. The summed E-state index contributed by atoms with van der Waals surface area (Å²) in [5.41, 5.74) is 1.21. The van der Waals surface area contributed by atoms with Crippen LogP contribution >= 0.6 is 15.9 Å². The maximum Gasteiger partial charge on any atom is 0.127 e. The van der Waals surface area contributed by atoms with Crippen LogP contribution < -0.4 is 0 Å². The molecular formula is C14H14BrFO2. The minimum absolute atomic E-state index is 0.235. The molecule has 0 aliphatic carbocycles. The normalized spacial score (nSPS) is 12.7. The van der Waals surface area contributed by atoms with Crippen LogP contribution in [0.4, 0.5) is 4.39 Å². The molecule has 0 aliphatic rings. The lowest BCUT2D eigenvalue weighted by Gasteiger charge is -2.10. The summed E-state index contributed by atoms with van der Waals surface area (Å²) in [7, 11) is 0. The van der Waals surface area contributed by atoms with Gasteiger partial charge < -0.3 is 9.52 Å². The molecule has 0 radical (unpaired) electrons. The minimum atomic E-state index is -0.752. The molecule has 0 amide bonds. The van der Waals surface area contributed by atoms with Crippen LogP contribution in [0.25, 0.3) is 0 Å². The molecule has 96 valence electrons. The summed E-state index contributed by atoms with van der Waals surface area (Å²) < 4.78 is 19.7. The number of rotatable bonds is 3. The van der Waals surface area contributed by atoms with E-state index >= 15 is 0 Å². The van der Waals surface area contributed by atoms with E-state index in [1.807, 2.05) is 6.92 Å². The Kier molecular flexibility index (Phi) is 3.88. The van der Waals surface area contributed by atoms with Crippen molar-refractivity contribution in [3.63, 3.8) is 0 Å². The molecule has 2 aromatic rings. The van der Waals surface area contributed by atoms with Crippen LogP contribution in [-0.4, -0.2) is 5.11 Å². The summed E-state index contributed by atoms with van der Waals surface area (Å²) in [6, 6.07) is 6.62. The second-order valence-corrected chi connectivity index (χ2v) is 5.24. The zero-order valence-electron chi connectivity index (χ0n) is 10.2. The van der Waals surface area contributed by atoms with Crippen LogP contribution in [0.5, 0.6) is 0 Å². The second kappa shape index (κ2) is 5.24. The molecule has 1 aromatic carbocycles. The van der Waals surface area contributed by atoms with Crippen molar-refractivity contribution in [1.29, 1.82) is 0 Å². The summed E-state index contributed by atoms with van der Waals surface area (Å²) in [5, 5.41) is 10.1. The van der Waals surface area contributed by atoms with Crippen molar-refractivity contribution in [2.24, 2.45) is 0 Å². The summed E-state index contributed by atoms with van der Waals surface area (Å²) >= 11 is 3.20. The molecule has 2 nitrogen and oxygen atoms in total. The summed E-state index contributed by atoms with van der Waals surface area (Å²) in [6.07, 6.45) is -0.517. The number of hydrogen-bond donors (Lipinski definition) is 1. The lowest BCUT2D eigenvalue weighted by atomic mass is 10.0. The van der Waals surface area contributed by atoms with Gasteiger partial charge in [-0.1, -0.05) is 22.0 Å². The van der Waals surface area contributed by atoms with Gasteiger partial charge in [0, 0.05) is 16.5 Å². The first-order valence-electron chi connectivity index (χ1n) is 5.66. The van der Waals surface area contributed by atoms with Crippen LogP contribution in [0.2, 0.25) is 0 Å².